The summed E-state index contributed by atoms with van der Waals surface area (Å²) >= 11 is 1.50. The van der Waals surface area contributed by atoms with Gasteiger partial charge >= 0.3 is 0 Å². The van der Waals surface area contributed by atoms with Crippen molar-refractivity contribution in [1.82, 2.24) is 4.98 Å². The van der Waals surface area contributed by atoms with E-state index in [1.807, 2.05) is 6.92 Å². The highest BCUT2D eigenvalue weighted by Crippen LogP contribution is 2.34. The second-order valence-corrected chi connectivity index (χ2v) is 5.21. The standard InChI is InChI=1S/C12H18N2O2S/c1-3-10-11(8-15)17-12(13-10)14(6-7-16-2)9-4-5-9/h8-9H,3-7H2,1-2H3. The molecule has 0 aromatic carbocycles. The fourth-order valence-corrected chi connectivity index (χ4v) is 2.90. The van der Waals surface area contributed by atoms with Gasteiger partial charge in [0.2, 0.25) is 0 Å². The molecule has 0 spiro atoms. The lowest BCUT2D eigenvalue weighted by atomic mass is 10.3. The van der Waals surface area contributed by atoms with Gasteiger partial charge in [-0.15, -0.1) is 0 Å². The summed E-state index contributed by atoms with van der Waals surface area (Å²) in [7, 11) is 1.71. The first-order valence-corrected chi connectivity index (χ1v) is 6.82. The van der Waals surface area contributed by atoms with Crippen LogP contribution in [0.4, 0.5) is 5.13 Å². The molecule has 17 heavy (non-hydrogen) atoms. The molecule has 1 aliphatic carbocycles. The van der Waals surface area contributed by atoms with Crippen molar-refractivity contribution < 1.29 is 9.53 Å². The van der Waals surface area contributed by atoms with E-state index in [1.54, 1.807) is 7.11 Å². The van der Waals surface area contributed by atoms with E-state index in [1.165, 1.54) is 24.2 Å². The van der Waals surface area contributed by atoms with Gasteiger partial charge in [0.05, 0.1) is 17.2 Å². The van der Waals surface area contributed by atoms with Crippen molar-refractivity contribution in [3.8, 4) is 0 Å². The average molecular weight is 254 g/mol. The molecule has 1 aliphatic rings. The van der Waals surface area contributed by atoms with E-state index in [9.17, 15) is 4.79 Å². The zero-order valence-corrected chi connectivity index (χ0v) is 11.1. The van der Waals surface area contributed by atoms with Crippen molar-refractivity contribution in [3.05, 3.63) is 10.6 Å². The first kappa shape index (κ1) is 12.5. The third-order valence-electron chi connectivity index (χ3n) is 2.93. The molecule has 0 bridgehead atoms. The minimum Gasteiger partial charge on any atom is -0.383 e. The molecule has 1 heterocycles. The number of rotatable bonds is 7. The predicted octanol–water partition coefficient (Wildman–Crippen LogP) is 2.13. The number of carbonyl (C=O) groups excluding carboxylic acids is 1. The molecule has 0 aliphatic heterocycles. The third-order valence-corrected chi connectivity index (χ3v) is 3.99. The van der Waals surface area contributed by atoms with Gasteiger partial charge in [0.25, 0.3) is 0 Å². The molecule has 0 amide bonds. The van der Waals surface area contributed by atoms with Crippen LogP contribution in [0.15, 0.2) is 0 Å². The predicted molar refractivity (Wildman–Crippen MR) is 69.1 cm³/mol. The molecule has 5 heteroatoms. The fourth-order valence-electron chi connectivity index (χ4n) is 1.83. The van der Waals surface area contributed by atoms with Crippen molar-refractivity contribution in [2.75, 3.05) is 25.2 Å². The molecule has 1 aromatic heterocycles. The summed E-state index contributed by atoms with van der Waals surface area (Å²) in [6.07, 6.45) is 4.18. The number of methoxy groups -OCH3 is 1. The number of anilines is 1. The Morgan fingerprint density at radius 3 is 2.82 bits per heavy atom. The number of carbonyl (C=O) groups is 1. The summed E-state index contributed by atoms with van der Waals surface area (Å²) in [6, 6.07) is 0.598. The summed E-state index contributed by atoms with van der Waals surface area (Å²) in [5, 5.41) is 0.975. The van der Waals surface area contributed by atoms with E-state index < -0.39 is 0 Å². The monoisotopic (exact) mass is 254 g/mol. The lowest BCUT2D eigenvalue weighted by Gasteiger charge is -2.20. The zero-order chi connectivity index (χ0) is 12.3. The maximum absolute atomic E-state index is 10.9. The maximum atomic E-state index is 10.9. The van der Waals surface area contributed by atoms with Gasteiger partial charge < -0.3 is 9.64 Å². The molecular formula is C12H18N2O2S. The minimum absolute atomic E-state index is 0.598. The van der Waals surface area contributed by atoms with E-state index >= 15 is 0 Å². The fraction of sp³-hybridized carbons (Fsp3) is 0.667. The van der Waals surface area contributed by atoms with Gasteiger partial charge in [-0.2, -0.15) is 0 Å². The van der Waals surface area contributed by atoms with Crippen LogP contribution < -0.4 is 4.90 Å². The number of aryl methyl sites for hydroxylation is 1. The van der Waals surface area contributed by atoms with Crippen LogP contribution in [-0.4, -0.2) is 37.6 Å². The van der Waals surface area contributed by atoms with Crippen molar-refractivity contribution in [2.24, 2.45) is 0 Å². The quantitative estimate of drug-likeness (QED) is 0.699. The summed E-state index contributed by atoms with van der Waals surface area (Å²) < 4.78 is 5.13. The second-order valence-electron chi connectivity index (χ2n) is 4.20. The number of hydrogen-bond acceptors (Lipinski definition) is 5. The molecule has 0 unspecified atom stereocenters. The largest absolute Gasteiger partial charge is 0.383 e. The lowest BCUT2D eigenvalue weighted by molar-refractivity contribution is 0.112. The number of aromatic nitrogens is 1. The molecule has 94 valence electrons. The van der Waals surface area contributed by atoms with E-state index in [-0.39, 0.29) is 0 Å². The highest BCUT2D eigenvalue weighted by atomic mass is 32.1. The van der Waals surface area contributed by atoms with Crippen LogP contribution in [-0.2, 0) is 11.2 Å². The van der Waals surface area contributed by atoms with Crippen molar-refractivity contribution >= 4 is 22.8 Å². The van der Waals surface area contributed by atoms with Crippen molar-refractivity contribution in [1.29, 1.82) is 0 Å². The van der Waals surface area contributed by atoms with Crippen molar-refractivity contribution in [3.63, 3.8) is 0 Å². The summed E-state index contributed by atoms with van der Waals surface area (Å²) in [6.45, 7) is 3.59. The number of ether oxygens (including phenoxy) is 1. The molecule has 0 radical (unpaired) electrons. The lowest BCUT2D eigenvalue weighted by Crippen LogP contribution is -2.29. The molecule has 0 saturated heterocycles. The van der Waals surface area contributed by atoms with E-state index in [0.717, 1.165) is 35.0 Å². The molecule has 0 N–H and O–H groups in total. The topological polar surface area (TPSA) is 42.4 Å². The van der Waals surface area contributed by atoms with Gasteiger partial charge in [-0.25, -0.2) is 4.98 Å². The van der Waals surface area contributed by atoms with Crippen LogP contribution >= 0.6 is 11.3 Å². The first-order chi connectivity index (χ1) is 8.30. The molecule has 4 nitrogen and oxygen atoms in total. The molecule has 1 saturated carbocycles. The Kier molecular flexibility index (Phi) is 4.12. The normalized spacial score (nSPS) is 14.9. The van der Waals surface area contributed by atoms with Crippen LogP contribution in [0.3, 0.4) is 0 Å². The van der Waals surface area contributed by atoms with E-state index in [4.69, 9.17) is 4.74 Å². The SMILES string of the molecule is CCc1nc(N(CCOC)C2CC2)sc1C=O. The zero-order valence-electron chi connectivity index (χ0n) is 10.3. The van der Waals surface area contributed by atoms with Crippen LogP contribution in [0, 0.1) is 0 Å². The minimum atomic E-state index is 0.598. The Hall–Kier alpha value is -0.940. The Morgan fingerprint density at radius 2 is 2.35 bits per heavy atom. The Bertz CT molecular complexity index is 388. The number of nitrogens with zero attached hydrogens (tertiary/aromatic N) is 2. The van der Waals surface area contributed by atoms with Crippen LogP contribution in [0.5, 0.6) is 0 Å². The van der Waals surface area contributed by atoms with Gasteiger partial charge in [-0.1, -0.05) is 18.3 Å². The summed E-state index contributed by atoms with van der Waals surface area (Å²) in [4.78, 5) is 18.6. The second kappa shape index (κ2) is 5.60. The molecule has 1 fully saturated rings. The van der Waals surface area contributed by atoms with Crippen molar-refractivity contribution in [2.45, 2.75) is 32.2 Å². The Labute approximate surface area is 106 Å². The van der Waals surface area contributed by atoms with Gasteiger partial charge in [0.1, 0.15) is 0 Å². The van der Waals surface area contributed by atoms with Gasteiger partial charge in [0.15, 0.2) is 11.4 Å². The van der Waals surface area contributed by atoms with Gasteiger partial charge in [-0.05, 0) is 19.3 Å². The number of thiazole rings is 1. The molecular weight excluding hydrogens is 236 g/mol. The molecule has 2 rings (SSSR count). The highest BCUT2D eigenvalue weighted by Gasteiger charge is 2.31. The first-order valence-electron chi connectivity index (χ1n) is 6.00. The van der Waals surface area contributed by atoms with Gasteiger partial charge in [0, 0.05) is 19.7 Å². The smallest absolute Gasteiger partial charge is 0.186 e. The molecule has 1 aromatic rings. The van der Waals surface area contributed by atoms with E-state index in [2.05, 4.69) is 9.88 Å². The van der Waals surface area contributed by atoms with Crippen LogP contribution in [0.25, 0.3) is 0 Å². The average Bonchev–Trinajstić information content (AvgIpc) is 3.09. The Morgan fingerprint density at radius 1 is 1.59 bits per heavy atom. The van der Waals surface area contributed by atoms with Crippen LogP contribution in [0.2, 0.25) is 0 Å². The van der Waals surface area contributed by atoms with Crippen LogP contribution in [0.1, 0.15) is 35.1 Å². The Balaban J connectivity index is 2.16. The molecule has 0 atom stereocenters. The van der Waals surface area contributed by atoms with Gasteiger partial charge in [-0.3, -0.25) is 4.79 Å². The summed E-state index contributed by atoms with van der Waals surface area (Å²) in [5.74, 6) is 0. The highest BCUT2D eigenvalue weighted by molar-refractivity contribution is 7.17. The van der Waals surface area contributed by atoms with E-state index in [0.29, 0.717) is 12.6 Å². The summed E-state index contributed by atoms with van der Waals surface area (Å²) in [5.41, 5.74) is 0.920. The number of aldehydes is 1. The maximum Gasteiger partial charge on any atom is 0.186 e. The number of hydrogen-bond donors (Lipinski definition) is 0. The third kappa shape index (κ3) is 2.84.